The molecule has 0 radical (unpaired) electrons. The molecule has 32 heavy (non-hydrogen) atoms. The second-order valence-corrected chi connectivity index (χ2v) is 10.8. The zero-order valence-corrected chi connectivity index (χ0v) is 20.4. The first-order chi connectivity index (χ1) is 15.6. The molecule has 2 aromatic rings. The minimum absolute atomic E-state index is 0.107. The summed E-state index contributed by atoms with van der Waals surface area (Å²) in [5, 5.41) is 23.0. The summed E-state index contributed by atoms with van der Waals surface area (Å²) >= 11 is 2.98. The number of nitrogens with one attached hydrogen (secondary N) is 1. The van der Waals surface area contributed by atoms with E-state index < -0.39 is 0 Å². The number of allylic oxidation sites excluding steroid dienone is 1. The highest BCUT2D eigenvalue weighted by Crippen LogP contribution is 2.40. The van der Waals surface area contributed by atoms with Gasteiger partial charge in [-0.15, -0.1) is 28.1 Å². The summed E-state index contributed by atoms with van der Waals surface area (Å²) in [6.07, 6.45) is 12.2. The lowest BCUT2D eigenvalue weighted by molar-refractivity contribution is -0.113. The van der Waals surface area contributed by atoms with Crippen LogP contribution in [0.4, 0.5) is 5.00 Å². The van der Waals surface area contributed by atoms with E-state index >= 15 is 0 Å². The van der Waals surface area contributed by atoms with Gasteiger partial charge in [-0.1, -0.05) is 50.4 Å². The van der Waals surface area contributed by atoms with E-state index in [1.807, 2.05) is 6.08 Å². The van der Waals surface area contributed by atoms with Gasteiger partial charge in [0, 0.05) is 17.3 Å². The van der Waals surface area contributed by atoms with Crippen LogP contribution in [0.15, 0.2) is 17.8 Å². The predicted molar refractivity (Wildman–Crippen MR) is 130 cm³/mol. The van der Waals surface area contributed by atoms with Gasteiger partial charge in [-0.25, -0.2) is 0 Å². The molecule has 1 unspecified atom stereocenters. The maximum absolute atomic E-state index is 12.8. The quantitative estimate of drug-likeness (QED) is 0.396. The van der Waals surface area contributed by atoms with Crippen LogP contribution >= 0.6 is 23.1 Å². The highest BCUT2D eigenvalue weighted by atomic mass is 32.2. The molecule has 1 saturated carbocycles. The van der Waals surface area contributed by atoms with Crippen LogP contribution < -0.4 is 5.32 Å². The molecule has 0 aromatic carbocycles. The van der Waals surface area contributed by atoms with Crippen molar-refractivity contribution in [3.63, 3.8) is 0 Å². The van der Waals surface area contributed by atoms with Gasteiger partial charge in [0.15, 0.2) is 5.16 Å². The zero-order chi connectivity index (χ0) is 22.5. The standard InChI is InChI=1S/C24H31N5OS2/c1-3-12-29-22(17-8-6-5-7-9-17)27-28-24(29)31-15-21(30)26-23-19(14-25)18-11-10-16(4-2)13-20(18)32-23/h3,16-17H,1,4-13,15H2,2H3,(H,26,30). The zero-order valence-electron chi connectivity index (χ0n) is 18.7. The smallest absolute Gasteiger partial charge is 0.235 e. The van der Waals surface area contributed by atoms with Crippen molar-refractivity contribution in [2.75, 3.05) is 11.1 Å². The van der Waals surface area contributed by atoms with E-state index in [9.17, 15) is 10.1 Å². The third-order valence-electron chi connectivity index (χ3n) is 6.67. The minimum Gasteiger partial charge on any atom is -0.316 e. The van der Waals surface area contributed by atoms with Gasteiger partial charge >= 0.3 is 0 Å². The number of fused-ring (bicyclic) bond motifs is 1. The molecule has 0 saturated heterocycles. The van der Waals surface area contributed by atoms with Gasteiger partial charge < -0.3 is 9.88 Å². The highest BCUT2D eigenvalue weighted by molar-refractivity contribution is 7.99. The fraction of sp³-hybridized carbons (Fsp3) is 0.583. The summed E-state index contributed by atoms with van der Waals surface area (Å²) in [7, 11) is 0. The molecule has 2 heterocycles. The van der Waals surface area contributed by atoms with E-state index in [1.165, 1.54) is 35.9 Å². The average molecular weight is 470 g/mol. The summed E-state index contributed by atoms with van der Waals surface area (Å²) in [6.45, 7) is 6.75. The molecule has 2 aliphatic carbocycles. The van der Waals surface area contributed by atoms with Gasteiger partial charge in [0.1, 0.15) is 16.9 Å². The van der Waals surface area contributed by atoms with E-state index in [4.69, 9.17) is 0 Å². The molecule has 0 aliphatic heterocycles. The summed E-state index contributed by atoms with van der Waals surface area (Å²) in [4.78, 5) is 14.0. The number of thioether (sulfide) groups is 1. The molecule has 1 fully saturated rings. The molecule has 0 spiro atoms. The van der Waals surface area contributed by atoms with Gasteiger partial charge in [-0.05, 0) is 43.6 Å². The van der Waals surface area contributed by atoms with Crippen molar-refractivity contribution in [3.8, 4) is 6.07 Å². The number of aromatic nitrogens is 3. The second kappa shape index (κ2) is 10.7. The Balaban J connectivity index is 1.43. The topological polar surface area (TPSA) is 83.6 Å². The molecule has 170 valence electrons. The van der Waals surface area contributed by atoms with Crippen LogP contribution in [0.5, 0.6) is 0 Å². The number of amides is 1. The third kappa shape index (κ3) is 4.94. The molecule has 4 rings (SSSR count). The van der Waals surface area contributed by atoms with Crippen molar-refractivity contribution >= 4 is 34.0 Å². The van der Waals surface area contributed by atoms with Crippen LogP contribution in [-0.4, -0.2) is 26.4 Å². The largest absolute Gasteiger partial charge is 0.316 e. The molecule has 1 amide bonds. The molecule has 1 atom stereocenters. The van der Waals surface area contributed by atoms with Crippen LogP contribution in [0.2, 0.25) is 0 Å². The lowest BCUT2D eigenvalue weighted by Crippen LogP contribution is -2.15. The highest BCUT2D eigenvalue weighted by Gasteiger charge is 2.26. The first-order valence-electron chi connectivity index (χ1n) is 11.7. The van der Waals surface area contributed by atoms with Gasteiger partial charge in [-0.3, -0.25) is 4.79 Å². The van der Waals surface area contributed by atoms with Gasteiger partial charge in [0.25, 0.3) is 0 Å². The number of carbonyl (C=O) groups excluding carboxylic acids is 1. The Morgan fingerprint density at radius 3 is 2.88 bits per heavy atom. The summed E-state index contributed by atoms with van der Waals surface area (Å²) < 4.78 is 2.11. The van der Waals surface area contributed by atoms with Crippen molar-refractivity contribution in [2.45, 2.75) is 82.3 Å². The van der Waals surface area contributed by atoms with Crippen LogP contribution in [0.25, 0.3) is 0 Å². The van der Waals surface area contributed by atoms with E-state index in [0.717, 1.165) is 55.1 Å². The Labute approximate surface area is 198 Å². The van der Waals surface area contributed by atoms with E-state index in [2.05, 4.69) is 39.7 Å². The average Bonchev–Trinajstić information content (AvgIpc) is 3.38. The number of carbonyl (C=O) groups is 1. The maximum atomic E-state index is 12.8. The normalized spacial score (nSPS) is 18.7. The lowest BCUT2D eigenvalue weighted by Gasteiger charge is -2.21. The Hall–Kier alpha value is -2.11. The van der Waals surface area contributed by atoms with Crippen LogP contribution in [-0.2, 0) is 24.2 Å². The molecular formula is C24H31N5OS2. The van der Waals surface area contributed by atoms with E-state index in [1.54, 1.807) is 11.3 Å². The second-order valence-electron chi connectivity index (χ2n) is 8.75. The maximum Gasteiger partial charge on any atom is 0.235 e. The number of nitrogens with zero attached hydrogens (tertiary/aromatic N) is 4. The third-order valence-corrected chi connectivity index (χ3v) is 8.81. The fourth-order valence-electron chi connectivity index (χ4n) is 4.87. The Morgan fingerprint density at radius 2 is 2.16 bits per heavy atom. The summed E-state index contributed by atoms with van der Waals surface area (Å²) in [5.41, 5.74) is 1.81. The van der Waals surface area contributed by atoms with Crippen LogP contribution in [0.3, 0.4) is 0 Å². The van der Waals surface area contributed by atoms with E-state index in [0.29, 0.717) is 28.9 Å². The molecule has 6 nitrogen and oxygen atoms in total. The Kier molecular flexibility index (Phi) is 7.69. The van der Waals surface area contributed by atoms with Crippen molar-refractivity contribution in [1.29, 1.82) is 5.26 Å². The number of thiophene rings is 1. The summed E-state index contributed by atoms with van der Waals surface area (Å²) in [5.74, 6) is 2.29. The number of nitriles is 1. The molecule has 8 heteroatoms. The first kappa shape index (κ1) is 23.1. The minimum atomic E-state index is -0.107. The van der Waals surface area contributed by atoms with Crippen molar-refractivity contribution in [1.82, 2.24) is 14.8 Å². The van der Waals surface area contributed by atoms with Gasteiger partial charge in [0.05, 0.1) is 11.3 Å². The summed E-state index contributed by atoms with van der Waals surface area (Å²) in [6, 6.07) is 2.33. The number of hydrogen-bond acceptors (Lipinski definition) is 6. The molecule has 1 N–H and O–H groups in total. The van der Waals surface area contributed by atoms with E-state index in [-0.39, 0.29) is 11.7 Å². The number of rotatable bonds is 8. The molecule has 0 bridgehead atoms. The molecule has 2 aliphatic rings. The van der Waals surface area contributed by atoms with Crippen LogP contribution in [0, 0.1) is 17.2 Å². The van der Waals surface area contributed by atoms with Crippen molar-refractivity contribution in [2.24, 2.45) is 5.92 Å². The number of anilines is 1. The fourth-order valence-corrected chi connectivity index (χ4v) is 6.96. The predicted octanol–water partition coefficient (Wildman–Crippen LogP) is 5.69. The van der Waals surface area contributed by atoms with Crippen LogP contribution in [0.1, 0.15) is 79.6 Å². The van der Waals surface area contributed by atoms with Gasteiger partial charge in [0.2, 0.25) is 5.91 Å². The van der Waals surface area contributed by atoms with Gasteiger partial charge in [-0.2, -0.15) is 5.26 Å². The Bertz CT molecular complexity index is 1010. The lowest BCUT2D eigenvalue weighted by atomic mass is 9.86. The SMILES string of the molecule is C=CCn1c(SCC(=O)Nc2sc3c(c2C#N)CCC(CC)C3)nnc1C1CCCCC1. The molecular weight excluding hydrogens is 438 g/mol. The first-order valence-corrected chi connectivity index (χ1v) is 13.5. The van der Waals surface area contributed by atoms with Crippen molar-refractivity contribution in [3.05, 3.63) is 34.5 Å². The Morgan fingerprint density at radius 1 is 1.34 bits per heavy atom. The molecule has 2 aromatic heterocycles. The van der Waals surface area contributed by atoms with Crippen molar-refractivity contribution < 1.29 is 4.79 Å². The number of hydrogen-bond donors (Lipinski definition) is 1. The monoisotopic (exact) mass is 469 g/mol.